The van der Waals surface area contributed by atoms with E-state index < -0.39 is 12.2 Å². The monoisotopic (exact) mass is 448 g/mol. The van der Waals surface area contributed by atoms with E-state index in [1.54, 1.807) is 36.4 Å². The van der Waals surface area contributed by atoms with E-state index in [2.05, 4.69) is 6.92 Å². The van der Waals surface area contributed by atoms with Gasteiger partial charge in [0, 0.05) is 18.4 Å². The summed E-state index contributed by atoms with van der Waals surface area (Å²) >= 11 is 6.02. The second-order valence-electron chi connectivity index (χ2n) is 8.32. The van der Waals surface area contributed by atoms with Crippen LogP contribution in [0.3, 0.4) is 0 Å². The number of carbonyl (C=O) groups is 1. The zero-order valence-corrected chi connectivity index (χ0v) is 19.1. The standard InChI is InChI=1S/C25H33ClO5/c1-4-18-12-13-23(30)31-25(18)17(3)14-16(2)22(29)15-20(27)10-6-5-8-19-9-7-11-21(28)24(19)26/h5-13,16-18,20,22,25,27-29H,4,14-15H2,1-3H3/b8-5-,10-6+/t16?,17-,18?,20?,22+,25?/m1/s1. The number of hydrogen-bond donors (Lipinski definition) is 3. The van der Waals surface area contributed by atoms with Gasteiger partial charge in [-0.1, -0.05) is 74.9 Å². The van der Waals surface area contributed by atoms with Gasteiger partial charge in [-0.25, -0.2) is 4.79 Å². The highest BCUT2D eigenvalue weighted by Gasteiger charge is 2.32. The zero-order chi connectivity index (χ0) is 23.0. The van der Waals surface area contributed by atoms with Crippen LogP contribution in [0, 0.1) is 17.8 Å². The number of hydrogen-bond acceptors (Lipinski definition) is 5. The first-order valence-corrected chi connectivity index (χ1v) is 11.2. The fourth-order valence-electron chi connectivity index (χ4n) is 3.93. The molecule has 1 heterocycles. The van der Waals surface area contributed by atoms with Gasteiger partial charge in [0.1, 0.15) is 11.9 Å². The van der Waals surface area contributed by atoms with E-state index in [-0.39, 0.29) is 47.0 Å². The number of halogens is 1. The molecular weight excluding hydrogens is 416 g/mol. The normalized spacial score (nSPS) is 23.1. The lowest BCUT2D eigenvalue weighted by molar-refractivity contribution is -0.150. The van der Waals surface area contributed by atoms with Crippen LogP contribution in [0.4, 0.5) is 0 Å². The van der Waals surface area contributed by atoms with E-state index in [4.69, 9.17) is 16.3 Å². The summed E-state index contributed by atoms with van der Waals surface area (Å²) in [5.41, 5.74) is 0.673. The molecule has 5 nitrogen and oxygen atoms in total. The molecular formula is C25H33ClO5. The number of benzene rings is 1. The topological polar surface area (TPSA) is 87.0 Å². The van der Waals surface area contributed by atoms with Crippen molar-refractivity contribution in [2.45, 2.75) is 58.3 Å². The Morgan fingerprint density at radius 3 is 2.65 bits per heavy atom. The maximum Gasteiger partial charge on any atom is 0.330 e. The number of aromatic hydroxyl groups is 1. The fraction of sp³-hybridized carbons (Fsp3) is 0.480. The number of rotatable bonds is 10. The minimum atomic E-state index is -0.795. The molecule has 0 spiro atoms. The number of cyclic esters (lactones) is 1. The summed E-state index contributed by atoms with van der Waals surface area (Å²) in [6.45, 7) is 6.05. The van der Waals surface area contributed by atoms with Crippen molar-refractivity contribution in [3.8, 4) is 5.75 Å². The number of esters is 1. The molecule has 1 aliphatic heterocycles. The predicted molar refractivity (Wildman–Crippen MR) is 124 cm³/mol. The van der Waals surface area contributed by atoms with E-state index >= 15 is 0 Å². The van der Waals surface area contributed by atoms with Gasteiger partial charge in [-0.15, -0.1) is 0 Å². The average molecular weight is 449 g/mol. The number of phenolic OH excluding ortho intramolecular Hbond substituents is 1. The quantitative estimate of drug-likeness (QED) is 0.350. The maximum absolute atomic E-state index is 11.6. The van der Waals surface area contributed by atoms with Gasteiger partial charge in [0.25, 0.3) is 0 Å². The minimum absolute atomic E-state index is 0.0171. The van der Waals surface area contributed by atoms with Crippen LogP contribution in [0.2, 0.25) is 5.02 Å². The Balaban J connectivity index is 1.84. The van der Waals surface area contributed by atoms with Crippen molar-refractivity contribution in [2.24, 2.45) is 17.8 Å². The molecule has 6 heteroatoms. The summed E-state index contributed by atoms with van der Waals surface area (Å²) in [7, 11) is 0. The summed E-state index contributed by atoms with van der Waals surface area (Å²) in [5.74, 6) is -0.0517. The Bertz CT molecular complexity index is 816. The molecule has 170 valence electrons. The Morgan fingerprint density at radius 2 is 1.94 bits per heavy atom. The van der Waals surface area contributed by atoms with Crippen molar-refractivity contribution in [3.63, 3.8) is 0 Å². The van der Waals surface area contributed by atoms with Gasteiger partial charge < -0.3 is 20.1 Å². The predicted octanol–water partition coefficient (Wildman–Crippen LogP) is 4.90. The van der Waals surface area contributed by atoms with Crippen LogP contribution >= 0.6 is 11.6 Å². The van der Waals surface area contributed by atoms with Crippen LogP contribution in [0.25, 0.3) is 6.08 Å². The Kier molecular flexibility index (Phi) is 9.82. The van der Waals surface area contributed by atoms with Crippen LogP contribution in [-0.2, 0) is 9.53 Å². The van der Waals surface area contributed by atoms with Gasteiger partial charge in [0.05, 0.1) is 17.2 Å². The highest BCUT2D eigenvalue weighted by molar-refractivity contribution is 6.33. The highest BCUT2D eigenvalue weighted by atomic mass is 35.5. The molecule has 3 N–H and O–H groups in total. The number of allylic oxidation sites excluding steroid dienone is 2. The Labute approximate surface area is 189 Å². The molecule has 0 aromatic heterocycles. The van der Waals surface area contributed by atoms with Crippen LogP contribution in [0.1, 0.15) is 45.6 Å². The number of ether oxygens (including phenoxy) is 1. The fourth-order valence-corrected chi connectivity index (χ4v) is 4.12. The first-order chi connectivity index (χ1) is 14.7. The molecule has 0 saturated carbocycles. The lowest BCUT2D eigenvalue weighted by atomic mass is 9.81. The summed E-state index contributed by atoms with van der Waals surface area (Å²) in [6.07, 6.45) is 10.3. The molecule has 0 fully saturated rings. The first kappa shape index (κ1) is 25.2. The number of aliphatic hydroxyl groups excluding tert-OH is 2. The molecule has 0 aliphatic carbocycles. The second-order valence-corrected chi connectivity index (χ2v) is 8.70. The summed E-state index contributed by atoms with van der Waals surface area (Å²) < 4.78 is 5.53. The average Bonchev–Trinajstić information content (AvgIpc) is 2.73. The molecule has 1 aromatic carbocycles. The van der Waals surface area contributed by atoms with Crippen molar-refractivity contribution in [2.75, 3.05) is 0 Å². The van der Waals surface area contributed by atoms with Crippen molar-refractivity contribution in [3.05, 3.63) is 59.2 Å². The maximum atomic E-state index is 11.6. The summed E-state index contributed by atoms with van der Waals surface area (Å²) in [4.78, 5) is 11.6. The molecule has 4 unspecified atom stereocenters. The van der Waals surface area contributed by atoms with Gasteiger partial charge in [0.2, 0.25) is 0 Å². The van der Waals surface area contributed by atoms with Crippen molar-refractivity contribution in [1.82, 2.24) is 0 Å². The molecule has 1 aromatic rings. The molecule has 6 atom stereocenters. The SMILES string of the molecule is CCC1C=CC(=O)OC1[C@H](C)CC(C)[C@@H](O)CC(O)/C=C/C=C\c1cccc(O)c1Cl. The number of aliphatic hydroxyl groups is 2. The van der Waals surface area contributed by atoms with E-state index in [1.807, 2.05) is 19.9 Å². The third-order valence-electron chi connectivity index (χ3n) is 5.80. The lowest BCUT2D eigenvalue weighted by Crippen LogP contribution is -2.36. The number of carbonyl (C=O) groups excluding carboxylic acids is 1. The molecule has 0 radical (unpaired) electrons. The molecule has 0 saturated heterocycles. The van der Waals surface area contributed by atoms with Crippen LogP contribution < -0.4 is 0 Å². The highest BCUT2D eigenvalue weighted by Crippen LogP contribution is 2.31. The van der Waals surface area contributed by atoms with Gasteiger partial charge in [-0.2, -0.15) is 0 Å². The third kappa shape index (κ3) is 7.53. The minimum Gasteiger partial charge on any atom is -0.506 e. The zero-order valence-electron chi connectivity index (χ0n) is 18.3. The molecule has 0 amide bonds. The molecule has 31 heavy (non-hydrogen) atoms. The van der Waals surface area contributed by atoms with Gasteiger partial charge in [-0.3, -0.25) is 0 Å². The van der Waals surface area contributed by atoms with Crippen molar-refractivity contribution >= 4 is 23.6 Å². The van der Waals surface area contributed by atoms with Crippen molar-refractivity contribution < 1.29 is 24.9 Å². The van der Waals surface area contributed by atoms with Crippen LogP contribution in [0.5, 0.6) is 5.75 Å². The molecule has 0 bridgehead atoms. The van der Waals surface area contributed by atoms with Crippen molar-refractivity contribution in [1.29, 1.82) is 0 Å². The largest absolute Gasteiger partial charge is 0.506 e. The molecule has 1 aliphatic rings. The van der Waals surface area contributed by atoms with E-state index in [0.717, 1.165) is 6.42 Å². The number of phenols is 1. The van der Waals surface area contributed by atoms with Gasteiger partial charge >= 0.3 is 5.97 Å². The Morgan fingerprint density at radius 1 is 1.19 bits per heavy atom. The molecule has 2 rings (SSSR count). The Hall–Kier alpha value is -2.08. The smallest absolute Gasteiger partial charge is 0.330 e. The van der Waals surface area contributed by atoms with Gasteiger partial charge in [0.15, 0.2) is 0 Å². The summed E-state index contributed by atoms with van der Waals surface area (Å²) in [5, 5.41) is 30.6. The third-order valence-corrected chi connectivity index (χ3v) is 6.21. The second kappa shape index (κ2) is 12.1. The van der Waals surface area contributed by atoms with Gasteiger partial charge in [-0.05, 0) is 36.3 Å². The van der Waals surface area contributed by atoms with Crippen LogP contribution in [0.15, 0.2) is 48.6 Å². The van der Waals surface area contributed by atoms with E-state index in [1.165, 1.54) is 12.1 Å². The first-order valence-electron chi connectivity index (χ1n) is 10.8. The summed E-state index contributed by atoms with van der Waals surface area (Å²) in [6, 6.07) is 4.99. The van der Waals surface area contributed by atoms with E-state index in [0.29, 0.717) is 12.0 Å². The lowest BCUT2D eigenvalue weighted by Gasteiger charge is -2.33. The van der Waals surface area contributed by atoms with E-state index in [9.17, 15) is 20.1 Å². The van der Waals surface area contributed by atoms with Crippen LogP contribution in [-0.4, -0.2) is 39.6 Å².